The summed E-state index contributed by atoms with van der Waals surface area (Å²) in [5, 5.41) is 3.79. The van der Waals surface area contributed by atoms with Gasteiger partial charge in [0.15, 0.2) is 5.96 Å². The van der Waals surface area contributed by atoms with Crippen LogP contribution in [0, 0.1) is 0 Å². The molecule has 3 N–H and O–H groups in total. The first-order valence-electron chi connectivity index (χ1n) is 6.18. The number of ether oxygens (including phenoxy) is 1. The lowest BCUT2D eigenvalue weighted by Crippen LogP contribution is -2.45. The third-order valence-corrected chi connectivity index (χ3v) is 2.67. The van der Waals surface area contributed by atoms with Gasteiger partial charge in [0.1, 0.15) is 6.10 Å². The zero-order valence-corrected chi connectivity index (χ0v) is 15.4. The van der Waals surface area contributed by atoms with Crippen LogP contribution in [-0.4, -0.2) is 25.2 Å². The molecule has 0 fully saturated rings. The summed E-state index contributed by atoms with van der Waals surface area (Å²) >= 11 is 5.97. The summed E-state index contributed by atoms with van der Waals surface area (Å²) in [6, 6.07) is 7.56. The maximum Gasteiger partial charge on any atom is 0.189 e. The molecule has 1 aromatic carbocycles. The summed E-state index contributed by atoms with van der Waals surface area (Å²) in [6.45, 7) is 6.53. The third kappa shape index (κ3) is 7.31. The van der Waals surface area contributed by atoms with E-state index in [4.69, 9.17) is 22.1 Å². The second-order valence-electron chi connectivity index (χ2n) is 5.38. The number of guanidine groups is 1. The highest BCUT2D eigenvalue weighted by Gasteiger charge is 2.12. The Morgan fingerprint density at radius 2 is 2.10 bits per heavy atom. The topological polar surface area (TPSA) is 59.6 Å². The van der Waals surface area contributed by atoms with Gasteiger partial charge in [0.25, 0.3) is 0 Å². The number of nitrogens with zero attached hydrogens (tertiary/aromatic N) is 1. The van der Waals surface area contributed by atoms with E-state index < -0.39 is 0 Å². The van der Waals surface area contributed by atoms with Gasteiger partial charge in [-0.3, -0.25) is 4.99 Å². The van der Waals surface area contributed by atoms with E-state index in [1.807, 2.05) is 45.0 Å². The first-order chi connectivity index (χ1) is 8.81. The van der Waals surface area contributed by atoms with Gasteiger partial charge in [0, 0.05) is 17.7 Å². The number of halogens is 2. The van der Waals surface area contributed by atoms with E-state index in [1.165, 1.54) is 0 Å². The fourth-order valence-corrected chi connectivity index (χ4v) is 1.83. The van der Waals surface area contributed by atoms with Gasteiger partial charge >= 0.3 is 0 Å². The minimum Gasteiger partial charge on any atom is -0.375 e. The predicted octanol–water partition coefficient (Wildman–Crippen LogP) is 3.35. The molecule has 1 unspecified atom stereocenters. The molecule has 0 aliphatic carbocycles. The van der Waals surface area contributed by atoms with Crippen molar-refractivity contribution in [2.45, 2.75) is 32.4 Å². The fraction of sp³-hybridized carbons (Fsp3) is 0.500. The fourth-order valence-electron chi connectivity index (χ4n) is 1.63. The molecular formula is C14H23ClIN3O. The Morgan fingerprint density at radius 1 is 1.45 bits per heavy atom. The standard InChI is InChI=1S/C14H22ClN3O.HI/c1-14(2,3)18-13(16)17-9-12(19-4)10-6-5-7-11(15)8-10;/h5-8,12H,9H2,1-4H3,(H3,16,17,18);1H. The van der Waals surface area contributed by atoms with Crippen molar-refractivity contribution >= 4 is 41.5 Å². The summed E-state index contributed by atoms with van der Waals surface area (Å²) in [7, 11) is 1.65. The first kappa shape index (κ1) is 19.5. The highest BCUT2D eigenvalue weighted by atomic mass is 127. The van der Waals surface area contributed by atoms with Crippen LogP contribution >= 0.6 is 35.6 Å². The van der Waals surface area contributed by atoms with Gasteiger partial charge in [-0.1, -0.05) is 23.7 Å². The highest BCUT2D eigenvalue weighted by Crippen LogP contribution is 2.20. The molecule has 114 valence electrons. The number of benzene rings is 1. The molecule has 0 aliphatic heterocycles. The zero-order chi connectivity index (χ0) is 14.5. The molecule has 0 aliphatic rings. The smallest absolute Gasteiger partial charge is 0.189 e. The Balaban J connectivity index is 0.00000361. The summed E-state index contributed by atoms with van der Waals surface area (Å²) < 4.78 is 5.42. The van der Waals surface area contributed by atoms with Crippen LogP contribution in [0.3, 0.4) is 0 Å². The Bertz CT molecular complexity index is 446. The molecule has 0 spiro atoms. The van der Waals surface area contributed by atoms with Crippen molar-refractivity contribution < 1.29 is 4.74 Å². The Labute approximate surface area is 143 Å². The van der Waals surface area contributed by atoms with Crippen LogP contribution in [0.25, 0.3) is 0 Å². The average molecular weight is 412 g/mol. The van der Waals surface area contributed by atoms with E-state index in [0.29, 0.717) is 17.5 Å². The third-order valence-electron chi connectivity index (χ3n) is 2.44. The highest BCUT2D eigenvalue weighted by molar-refractivity contribution is 14.0. The molecular weight excluding hydrogens is 389 g/mol. The lowest BCUT2D eigenvalue weighted by molar-refractivity contribution is 0.111. The van der Waals surface area contributed by atoms with Gasteiger partial charge in [0.05, 0.1) is 6.54 Å². The SMILES string of the molecule is COC(CN=C(N)NC(C)(C)C)c1cccc(Cl)c1.I. The molecule has 0 heterocycles. The Hall–Kier alpha value is -0.530. The van der Waals surface area contributed by atoms with Crippen molar-refractivity contribution in [3.05, 3.63) is 34.9 Å². The van der Waals surface area contributed by atoms with Crippen LogP contribution < -0.4 is 11.1 Å². The second kappa shape index (κ2) is 8.69. The van der Waals surface area contributed by atoms with Crippen molar-refractivity contribution in [2.24, 2.45) is 10.7 Å². The molecule has 1 atom stereocenters. The monoisotopic (exact) mass is 411 g/mol. The molecule has 0 aromatic heterocycles. The number of nitrogens with one attached hydrogen (secondary N) is 1. The minimum absolute atomic E-state index is 0. The van der Waals surface area contributed by atoms with Gasteiger partial charge in [-0.15, -0.1) is 24.0 Å². The molecule has 0 bridgehead atoms. The van der Waals surface area contributed by atoms with E-state index >= 15 is 0 Å². The van der Waals surface area contributed by atoms with Crippen LogP contribution in [0.5, 0.6) is 0 Å². The molecule has 1 rings (SSSR count). The van der Waals surface area contributed by atoms with E-state index in [2.05, 4.69) is 10.3 Å². The molecule has 1 aromatic rings. The number of nitrogens with two attached hydrogens (primary N) is 1. The van der Waals surface area contributed by atoms with Crippen LogP contribution in [0.15, 0.2) is 29.3 Å². The summed E-state index contributed by atoms with van der Waals surface area (Å²) in [4.78, 5) is 4.30. The molecule has 4 nitrogen and oxygen atoms in total. The number of hydrogen-bond donors (Lipinski definition) is 2. The van der Waals surface area contributed by atoms with Crippen LogP contribution in [0.1, 0.15) is 32.4 Å². The van der Waals surface area contributed by atoms with Gasteiger partial charge in [-0.25, -0.2) is 0 Å². The molecule has 0 radical (unpaired) electrons. The molecule has 0 saturated carbocycles. The lowest BCUT2D eigenvalue weighted by Gasteiger charge is -2.21. The largest absolute Gasteiger partial charge is 0.375 e. The minimum atomic E-state index is -0.154. The first-order valence-corrected chi connectivity index (χ1v) is 6.56. The Kier molecular flexibility index (Phi) is 8.46. The average Bonchev–Trinajstić information content (AvgIpc) is 2.27. The summed E-state index contributed by atoms with van der Waals surface area (Å²) in [5.41, 5.74) is 6.71. The molecule has 20 heavy (non-hydrogen) atoms. The van der Waals surface area contributed by atoms with Crippen LogP contribution in [-0.2, 0) is 4.74 Å². The normalized spacial score (nSPS) is 13.6. The molecule has 0 saturated heterocycles. The zero-order valence-electron chi connectivity index (χ0n) is 12.3. The second-order valence-corrected chi connectivity index (χ2v) is 5.82. The lowest BCUT2D eigenvalue weighted by atomic mass is 10.1. The summed E-state index contributed by atoms with van der Waals surface area (Å²) in [6.07, 6.45) is -0.154. The number of rotatable bonds is 4. The van der Waals surface area contributed by atoms with Gasteiger partial charge < -0.3 is 15.8 Å². The number of aliphatic imine (C=N–C) groups is 1. The van der Waals surface area contributed by atoms with Gasteiger partial charge in [-0.2, -0.15) is 0 Å². The van der Waals surface area contributed by atoms with E-state index in [-0.39, 0.29) is 35.6 Å². The van der Waals surface area contributed by atoms with E-state index in [1.54, 1.807) is 7.11 Å². The predicted molar refractivity (Wildman–Crippen MR) is 96.0 cm³/mol. The van der Waals surface area contributed by atoms with E-state index in [9.17, 15) is 0 Å². The van der Waals surface area contributed by atoms with Crippen molar-refractivity contribution in [1.29, 1.82) is 0 Å². The number of methoxy groups -OCH3 is 1. The van der Waals surface area contributed by atoms with Crippen LogP contribution in [0.4, 0.5) is 0 Å². The van der Waals surface area contributed by atoms with Crippen molar-refractivity contribution in [3.8, 4) is 0 Å². The molecule has 6 heteroatoms. The van der Waals surface area contributed by atoms with Crippen molar-refractivity contribution in [3.63, 3.8) is 0 Å². The summed E-state index contributed by atoms with van der Waals surface area (Å²) in [5.74, 6) is 0.413. The molecule has 0 amide bonds. The van der Waals surface area contributed by atoms with Crippen molar-refractivity contribution in [2.75, 3.05) is 13.7 Å². The number of hydrogen-bond acceptors (Lipinski definition) is 2. The van der Waals surface area contributed by atoms with Gasteiger partial charge in [0.2, 0.25) is 0 Å². The van der Waals surface area contributed by atoms with Crippen LogP contribution in [0.2, 0.25) is 5.02 Å². The quantitative estimate of drug-likeness (QED) is 0.454. The maximum atomic E-state index is 5.97. The Morgan fingerprint density at radius 3 is 2.60 bits per heavy atom. The van der Waals surface area contributed by atoms with Crippen molar-refractivity contribution in [1.82, 2.24) is 5.32 Å². The maximum absolute atomic E-state index is 5.97. The van der Waals surface area contributed by atoms with E-state index in [0.717, 1.165) is 5.56 Å². The van der Waals surface area contributed by atoms with Gasteiger partial charge in [-0.05, 0) is 38.5 Å².